The summed E-state index contributed by atoms with van der Waals surface area (Å²) in [6.45, 7) is 11.7. The molecule has 1 fully saturated rings. The molecule has 2 heterocycles. The number of hydrogen-bond acceptors (Lipinski definition) is 3. The van der Waals surface area contributed by atoms with Gasteiger partial charge in [-0.1, -0.05) is 32.9 Å². The number of carbonyl (C=O) groups is 1. The van der Waals surface area contributed by atoms with Crippen LogP contribution in [0.1, 0.15) is 62.2 Å². The molecular weight excluding hydrogens is 420 g/mol. The maximum absolute atomic E-state index is 12.1. The fraction of sp³-hybridized carbons (Fsp3) is 0.517. The average Bonchev–Trinajstić information content (AvgIpc) is 3.39. The summed E-state index contributed by atoms with van der Waals surface area (Å²) in [4.78, 5) is 19.7. The summed E-state index contributed by atoms with van der Waals surface area (Å²) in [5.41, 5.74) is 7.53. The van der Waals surface area contributed by atoms with Crippen molar-refractivity contribution in [3.8, 4) is 0 Å². The van der Waals surface area contributed by atoms with Crippen LogP contribution in [0.4, 0.5) is 5.69 Å². The Balaban J connectivity index is 1.19. The fourth-order valence-electron chi connectivity index (χ4n) is 5.84. The van der Waals surface area contributed by atoms with Crippen LogP contribution in [0.15, 0.2) is 36.4 Å². The van der Waals surface area contributed by atoms with Gasteiger partial charge in [0.2, 0.25) is 5.91 Å². The summed E-state index contributed by atoms with van der Waals surface area (Å²) >= 11 is 0. The summed E-state index contributed by atoms with van der Waals surface area (Å²) < 4.78 is 2.53. The summed E-state index contributed by atoms with van der Waals surface area (Å²) in [6, 6.07) is 13.7. The zero-order valence-electron chi connectivity index (χ0n) is 21.1. The van der Waals surface area contributed by atoms with E-state index in [-0.39, 0.29) is 11.8 Å². The number of carbonyl (C=O) groups excluding carboxylic acids is 1. The molecule has 1 atom stereocenters. The Bertz CT molecular complexity index is 1190. The van der Waals surface area contributed by atoms with Crippen LogP contribution in [-0.2, 0) is 24.1 Å². The number of amides is 1. The van der Waals surface area contributed by atoms with Crippen molar-refractivity contribution in [3.05, 3.63) is 58.9 Å². The SMILES string of the molecule is CCc1nc2cc(C)ccc2n1C1CCN(CC2Cc3ccc(NC(=O)C(C)C)cc3C2)CC1. The number of imidazole rings is 1. The fourth-order valence-corrected chi connectivity index (χ4v) is 5.84. The Morgan fingerprint density at radius 1 is 1.09 bits per heavy atom. The van der Waals surface area contributed by atoms with Crippen LogP contribution in [0.5, 0.6) is 0 Å². The summed E-state index contributed by atoms with van der Waals surface area (Å²) in [6.07, 6.45) is 5.63. The number of nitrogens with zero attached hydrogens (tertiary/aromatic N) is 3. The Labute approximate surface area is 203 Å². The maximum atomic E-state index is 12.1. The van der Waals surface area contributed by atoms with E-state index in [2.05, 4.69) is 65.0 Å². The topological polar surface area (TPSA) is 50.2 Å². The number of benzene rings is 2. The number of likely N-dealkylation sites (tertiary alicyclic amines) is 1. The third-order valence-electron chi connectivity index (χ3n) is 7.69. The van der Waals surface area contributed by atoms with Gasteiger partial charge in [0.05, 0.1) is 11.0 Å². The quantitative estimate of drug-likeness (QED) is 0.527. The van der Waals surface area contributed by atoms with Gasteiger partial charge in [-0.2, -0.15) is 0 Å². The third-order valence-corrected chi connectivity index (χ3v) is 7.69. The highest BCUT2D eigenvalue weighted by molar-refractivity contribution is 5.92. The molecule has 1 unspecified atom stereocenters. The van der Waals surface area contributed by atoms with Gasteiger partial charge in [0.25, 0.3) is 0 Å². The number of aromatic nitrogens is 2. The van der Waals surface area contributed by atoms with Gasteiger partial charge in [-0.25, -0.2) is 4.98 Å². The Kier molecular flexibility index (Phi) is 6.48. The molecule has 1 aromatic heterocycles. The Morgan fingerprint density at radius 3 is 2.59 bits per heavy atom. The van der Waals surface area contributed by atoms with Gasteiger partial charge in [-0.05, 0) is 79.5 Å². The average molecular weight is 459 g/mol. The highest BCUT2D eigenvalue weighted by Gasteiger charge is 2.28. The van der Waals surface area contributed by atoms with Gasteiger partial charge in [-0.3, -0.25) is 4.79 Å². The van der Waals surface area contributed by atoms with Crippen molar-refractivity contribution < 1.29 is 4.79 Å². The van der Waals surface area contributed by atoms with Gasteiger partial charge in [-0.15, -0.1) is 0 Å². The van der Waals surface area contributed by atoms with Crippen LogP contribution in [-0.4, -0.2) is 40.0 Å². The first-order chi connectivity index (χ1) is 16.4. The minimum Gasteiger partial charge on any atom is -0.326 e. The van der Waals surface area contributed by atoms with Crippen molar-refractivity contribution in [2.24, 2.45) is 11.8 Å². The van der Waals surface area contributed by atoms with E-state index in [1.807, 2.05) is 13.8 Å². The smallest absolute Gasteiger partial charge is 0.226 e. The molecule has 3 aromatic rings. The number of fused-ring (bicyclic) bond motifs is 2. The Morgan fingerprint density at radius 2 is 1.85 bits per heavy atom. The van der Waals surface area contributed by atoms with E-state index in [9.17, 15) is 4.79 Å². The van der Waals surface area contributed by atoms with E-state index in [0.717, 1.165) is 43.6 Å². The predicted octanol–water partition coefficient (Wildman–Crippen LogP) is 5.55. The second-order valence-electron chi connectivity index (χ2n) is 10.7. The number of rotatable bonds is 6. The summed E-state index contributed by atoms with van der Waals surface area (Å²) in [7, 11) is 0. The standard InChI is InChI=1S/C29H38N4O/c1-5-28-31-26-14-20(4)6-9-27(26)33(28)25-10-12-32(13-11-25)18-21-15-22-7-8-24(17-23(22)16-21)30-29(34)19(2)3/h6-9,14,17,19,21,25H,5,10-13,15-16,18H2,1-4H3,(H,30,34). The van der Waals surface area contributed by atoms with Crippen molar-refractivity contribution in [1.82, 2.24) is 14.5 Å². The third kappa shape index (κ3) is 4.63. The molecule has 1 aliphatic carbocycles. The normalized spacial score (nSPS) is 19.1. The van der Waals surface area contributed by atoms with Crippen LogP contribution in [0.25, 0.3) is 11.0 Å². The first kappa shape index (κ1) is 23.1. The van der Waals surface area contributed by atoms with Crippen molar-refractivity contribution in [1.29, 1.82) is 0 Å². The molecule has 34 heavy (non-hydrogen) atoms. The van der Waals surface area contributed by atoms with Gasteiger partial charge >= 0.3 is 0 Å². The predicted molar refractivity (Wildman–Crippen MR) is 139 cm³/mol. The van der Waals surface area contributed by atoms with E-state index in [4.69, 9.17) is 4.98 Å². The number of anilines is 1. The molecule has 180 valence electrons. The highest BCUT2D eigenvalue weighted by atomic mass is 16.1. The zero-order valence-corrected chi connectivity index (χ0v) is 21.1. The van der Waals surface area contributed by atoms with E-state index in [0.29, 0.717) is 12.0 Å². The van der Waals surface area contributed by atoms with E-state index in [1.165, 1.54) is 47.4 Å². The van der Waals surface area contributed by atoms with Crippen LogP contribution < -0.4 is 5.32 Å². The molecular formula is C29H38N4O. The first-order valence-corrected chi connectivity index (χ1v) is 13.0. The van der Waals surface area contributed by atoms with E-state index < -0.39 is 0 Å². The molecule has 5 heteroatoms. The molecule has 1 aliphatic heterocycles. The molecule has 0 bridgehead atoms. The highest BCUT2D eigenvalue weighted by Crippen LogP contribution is 2.33. The molecule has 5 rings (SSSR count). The van der Waals surface area contributed by atoms with Gasteiger partial charge in [0.15, 0.2) is 0 Å². The van der Waals surface area contributed by atoms with Crippen molar-refractivity contribution in [2.75, 3.05) is 25.0 Å². The molecule has 5 nitrogen and oxygen atoms in total. The maximum Gasteiger partial charge on any atom is 0.226 e. The van der Waals surface area contributed by atoms with Crippen molar-refractivity contribution in [3.63, 3.8) is 0 Å². The number of nitrogens with one attached hydrogen (secondary N) is 1. The lowest BCUT2D eigenvalue weighted by Crippen LogP contribution is -2.38. The number of hydrogen-bond donors (Lipinski definition) is 1. The van der Waals surface area contributed by atoms with Gasteiger partial charge < -0.3 is 14.8 Å². The molecule has 0 radical (unpaired) electrons. The second kappa shape index (κ2) is 9.53. The van der Waals surface area contributed by atoms with Crippen molar-refractivity contribution >= 4 is 22.6 Å². The molecule has 2 aromatic carbocycles. The largest absolute Gasteiger partial charge is 0.326 e. The summed E-state index contributed by atoms with van der Waals surface area (Å²) in [5, 5.41) is 3.05. The van der Waals surface area contributed by atoms with Gasteiger partial charge in [0, 0.05) is 43.7 Å². The molecule has 1 saturated heterocycles. The minimum absolute atomic E-state index is 0.00163. The van der Waals surface area contributed by atoms with Gasteiger partial charge in [0.1, 0.15) is 5.82 Å². The van der Waals surface area contributed by atoms with Crippen LogP contribution >= 0.6 is 0 Å². The summed E-state index contributed by atoms with van der Waals surface area (Å²) in [5.74, 6) is 1.99. The van der Waals surface area contributed by atoms with Crippen LogP contribution in [0, 0.1) is 18.8 Å². The molecule has 1 N–H and O–H groups in total. The lowest BCUT2D eigenvalue weighted by molar-refractivity contribution is -0.118. The minimum atomic E-state index is 0.00163. The second-order valence-corrected chi connectivity index (χ2v) is 10.7. The zero-order chi connectivity index (χ0) is 23.8. The number of aryl methyl sites for hydroxylation is 2. The molecule has 2 aliphatic rings. The first-order valence-electron chi connectivity index (χ1n) is 13.0. The number of piperidine rings is 1. The molecule has 0 spiro atoms. The van der Waals surface area contributed by atoms with E-state index >= 15 is 0 Å². The monoisotopic (exact) mass is 458 g/mol. The lowest BCUT2D eigenvalue weighted by Gasteiger charge is -2.35. The molecule has 0 saturated carbocycles. The molecule has 1 amide bonds. The van der Waals surface area contributed by atoms with Crippen molar-refractivity contribution in [2.45, 2.75) is 65.8 Å². The Hall–Kier alpha value is -2.66. The van der Waals surface area contributed by atoms with Crippen LogP contribution in [0.2, 0.25) is 0 Å². The lowest BCUT2D eigenvalue weighted by atomic mass is 10.0. The van der Waals surface area contributed by atoms with E-state index in [1.54, 1.807) is 0 Å². The van der Waals surface area contributed by atoms with Crippen LogP contribution in [0.3, 0.4) is 0 Å².